The van der Waals surface area contributed by atoms with Crippen molar-refractivity contribution in [2.24, 2.45) is 4.99 Å². The summed E-state index contributed by atoms with van der Waals surface area (Å²) in [5.41, 5.74) is 2.24. The average Bonchev–Trinajstić information content (AvgIpc) is 2.82. The number of ether oxygens (including phenoxy) is 1. The highest BCUT2D eigenvalue weighted by Crippen LogP contribution is 2.18. The van der Waals surface area contributed by atoms with Crippen molar-refractivity contribution in [1.82, 2.24) is 20.9 Å². The number of amides is 1. The Hall–Kier alpha value is -3.29. The van der Waals surface area contributed by atoms with Crippen molar-refractivity contribution in [3.05, 3.63) is 53.7 Å². The number of nitrogens with one attached hydrogen (secondary N) is 3. The molecular formula is C24H34N6O2. The van der Waals surface area contributed by atoms with Crippen LogP contribution in [0.1, 0.15) is 30.9 Å². The number of aromatic nitrogens is 1. The lowest BCUT2D eigenvalue weighted by Gasteiger charge is -2.33. The zero-order valence-corrected chi connectivity index (χ0v) is 19.2. The molecule has 2 heterocycles. The van der Waals surface area contributed by atoms with Crippen molar-refractivity contribution in [2.45, 2.75) is 39.3 Å². The molecule has 1 aliphatic heterocycles. The number of guanidine groups is 1. The van der Waals surface area contributed by atoms with Crippen molar-refractivity contribution in [2.75, 3.05) is 38.2 Å². The summed E-state index contributed by atoms with van der Waals surface area (Å²) in [5, 5.41) is 9.63. The zero-order chi connectivity index (χ0) is 22.8. The predicted octanol–water partition coefficient (Wildman–Crippen LogP) is 2.24. The molecule has 2 aromatic rings. The maximum Gasteiger partial charge on any atom is 0.257 e. The molecule has 172 valence electrons. The van der Waals surface area contributed by atoms with E-state index in [0.717, 1.165) is 43.3 Å². The molecule has 32 heavy (non-hydrogen) atoms. The third-order valence-electron chi connectivity index (χ3n) is 5.38. The molecule has 1 aromatic heterocycles. The summed E-state index contributed by atoms with van der Waals surface area (Å²) in [7, 11) is 1.78. The van der Waals surface area contributed by atoms with Crippen molar-refractivity contribution in [3.8, 4) is 5.75 Å². The summed E-state index contributed by atoms with van der Waals surface area (Å²) < 4.78 is 5.57. The monoisotopic (exact) mass is 438 g/mol. The van der Waals surface area contributed by atoms with Gasteiger partial charge in [-0.1, -0.05) is 18.2 Å². The van der Waals surface area contributed by atoms with E-state index in [1.165, 1.54) is 5.56 Å². The molecule has 0 saturated carbocycles. The summed E-state index contributed by atoms with van der Waals surface area (Å²) in [6, 6.07) is 12.3. The van der Waals surface area contributed by atoms with Crippen LogP contribution in [0, 0.1) is 6.92 Å². The van der Waals surface area contributed by atoms with Gasteiger partial charge in [-0.15, -0.1) is 0 Å². The molecule has 0 spiro atoms. The molecule has 3 N–H and O–H groups in total. The van der Waals surface area contributed by atoms with Crippen LogP contribution in [-0.4, -0.2) is 56.2 Å². The molecule has 0 aliphatic carbocycles. The fourth-order valence-electron chi connectivity index (χ4n) is 3.62. The molecule has 0 radical (unpaired) electrons. The number of hydrogen-bond donors (Lipinski definition) is 3. The van der Waals surface area contributed by atoms with Crippen LogP contribution in [0.3, 0.4) is 0 Å². The predicted molar refractivity (Wildman–Crippen MR) is 128 cm³/mol. The minimum atomic E-state index is -0.121. The van der Waals surface area contributed by atoms with Crippen molar-refractivity contribution in [1.29, 1.82) is 0 Å². The first kappa shape index (κ1) is 23.4. The van der Waals surface area contributed by atoms with E-state index in [2.05, 4.69) is 49.9 Å². The Kier molecular flexibility index (Phi) is 8.71. The zero-order valence-electron chi connectivity index (χ0n) is 19.2. The Labute approximate surface area is 190 Å². The second kappa shape index (κ2) is 11.9. The topological polar surface area (TPSA) is 90.9 Å². The van der Waals surface area contributed by atoms with Gasteiger partial charge in [0.15, 0.2) is 12.6 Å². The Morgan fingerprint density at radius 2 is 2.03 bits per heavy atom. The lowest BCUT2D eigenvalue weighted by molar-refractivity contribution is -0.122. The van der Waals surface area contributed by atoms with E-state index in [9.17, 15) is 4.79 Å². The Balaban J connectivity index is 1.44. The molecule has 1 aromatic carbocycles. The number of anilines is 1. The van der Waals surface area contributed by atoms with Crippen LogP contribution in [0.25, 0.3) is 0 Å². The molecule has 3 rings (SSSR count). The van der Waals surface area contributed by atoms with Crippen LogP contribution >= 0.6 is 0 Å². The van der Waals surface area contributed by atoms with Gasteiger partial charge in [0, 0.05) is 45.5 Å². The van der Waals surface area contributed by atoms with Crippen molar-refractivity contribution in [3.63, 3.8) is 0 Å². The van der Waals surface area contributed by atoms with Crippen LogP contribution in [0.15, 0.2) is 47.6 Å². The molecular weight excluding hydrogens is 404 g/mol. The Bertz CT molecular complexity index is 892. The second-order valence-electron chi connectivity index (χ2n) is 7.91. The number of aryl methyl sites for hydroxylation is 1. The summed E-state index contributed by atoms with van der Waals surface area (Å²) in [5.74, 6) is 2.39. The minimum absolute atomic E-state index is 0.0186. The fraction of sp³-hybridized carbons (Fsp3) is 0.458. The normalized spacial score (nSPS) is 14.7. The van der Waals surface area contributed by atoms with Crippen LogP contribution in [0.4, 0.5) is 5.82 Å². The standard InChI is InChI=1S/C24H34N6O2/c1-4-26-23(31)17-32-21-7-5-6-19(14-21)16-28-24(25-3)29-20-10-12-30(13-11-20)22-9-8-18(2)15-27-22/h5-9,14-15,20H,4,10-13,16-17H2,1-3H3,(H,26,31)(H2,25,28,29). The highest BCUT2D eigenvalue weighted by Gasteiger charge is 2.20. The molecule has 8 nitrogen and oxygen atoms in total. The Morgan fingerprint density at radius 1 is 1.22 bits per heavy atom. The van der Waals surface area contributed by atoms with Crippen molar-refractivity contribution >= 4 is 17.7 Å². The second-order valence-corrected chi connectivity index (χ2v) is 7.91. The van der Waals surface area contributed by atoms with Gasteiger partial charge in [0.2, 0.25) is 0 Å². The maximum absolute atomic E-state index is 11.6. The average molecular weight is 439 g/mol. The number of rotatable bonds is 8. The van der Waals surface area contributed by atoms with Crippen LogP contribution in [0.2, 0.25) is 0 Å². The lowest BCUT2D eigenvalue weighted by atomic mass is 10.1. The van der Waals surface area contributed by atoms with Gasteiger partial charge in [0.1, 0.15) is 11.6 Å². The molecule has 1 amide bonds. The van der Waals surface area contributed by atoms with Gasteiger partial charge in [-0.3, -0.25) is 9.79 Å². The largest absolute Gasteiger partial charge is 0.484 e. The number of benzene rings is 1. The number of likely N-dealkylation sites (N-methyl/N-ethyl adjacent to an activating group) is 1. The molecule has 1 fully saturated rings. The van der Waals surface area contributed by atoms with Gasteiger partial charge in [-0.2, -0.15) is 0 Å². The highest BCUT2D eigenvalue weighted by molar-refractivity contribution is 5.80. The van der Waals surface area contributed by atoms with E-state index in [1.807, 2.05) is 37.4 Å². The number of hydrogen-bond acceptors (Lipinski definition) is 5. The number of pyridine rings is 1. The number of carbonyl (C=O) groups excluding carboxylic acids is 1. The van der Waals surface area contributed by atoms with E-state index >= 15 is 0 Å². The number of carbonyl (C=O) groups is 1. The van der Waals surface area contributed by atoms with Gasteiger partial charge in [-0.25, -0.2) is 4.98 Å². The fourth-order valence-corrected chi connectivity index (χ4v) is 3.62. The molecule has 0 atom stereocenters. The third-order valence-corrected chi connectivity index (χ3v) is 5.38. The lowest BCUT2D eigenvalue weighted by Crippen LogP contribution is -2.48. The quantitative estimate of drug-likeness (QED) is 0.433. The first-order valence-corrected chi connectivity index (χ1v) is 11.2. The molecule has 1 saturated heterocycles. The number of piperidine rings is 1. The van der Waals surface area contributed by atoms with Gasteiger partial charge in [0.25, 0.3) is 5.91 Å². The maximum atomic E-state index is 11.6. The van der Waals surface area contributed by atoms with E-state index in [1.54, 1.807) is 7.05 Å². The Morgan fingerprint density at radius 3 is 2.72 bits per heavy atom. The molecule has 1 aliphatic rings. The third kappa shape index (κ3) is 7.14. The summed E-state index contributed by atoms with van der Waals surface area (Å²) in [4.78, 5) is 22.8. The van der Waals surface area contributed by atoms with Gasteiger partial charge in [-0.05, 0) is 56.0 Å². The SMILES string of the molecule is CCNC(=O)COc1cccc(CNC(=NC)NC2CCN(c3ccc(C)cn3)CC2)c1. The molecule has 0 bridgehead atoms. The van der Waals surface area contributed by atoms with Gasteiger partial charge >= 0.3 is 0 Å². The van der Waals surface area contributed by atoms with E-state index in [0.29, 0.717) is 24.9 Å². The van der Waals surface area contributed by atoms with Gasteiger partial charge in [0.05, 0.1) is 0 Å². The number of aliphatic imine (C=N–C) groups is 1. The van der Waals surface area contributed by atoms with Crippen LogP contribution in [0.5, 0.6) is 5.75 Å². The molecule has 0 unspecified atom stereocenters. The number of nitrogens with zero attached hydrogens (tertiary/aromatic N) is 3. The molecule has 8 heteroatoms. The van der Waals surface area contributed by atoms with Crippen molar-refractivity contribution < 1.29 is 9.53 Å². The summed E-state index contributed by atoms with van der Waals surface area (Å²) in [6.07, 6.45) is 3.98. The summed E-state index contributed by atoms with van der Waals surface area (Å²) in [6.45, 7) is 7.11. The summed E-state index contributed by atoms with van der Waals surface area (Å²) >= 11 is 0. The van der Waals surface area contributed by atoms with E-state index in [-0.39, 0.29) is 12.5 Å². The van der Waals surface area contributed by atoms with E-state index in [4.69, 9.17) is 4.74 Å². The van der Waals surface area contributed by atoms with E-state index < -0.39 is 0 Å². The first-order valence-electron chi connectivity index (χ1n) is 11.2. The van der Waals surface area contributed by atoms with Gasteiger partial charge < -0.3 is 25.6 Å². The smallest absolute Gasteiger partial charge is 0.257 e. The van der Waals surface area contributed by atoms with Crippen LogP contribution in [-0.2, 0) is 11.3 Å². The minimum Gasteiger partial charge on any atom is -0.484 e. The highest BCUT2D eigenvalue weighted by atomic mass is 16.5. The first-order chi connectivity index (χ1) is 15.6. The van der Waals surface area contributed by atoms with Crippen LogP contribution < -0.4 is 25.6 Å².